The van der Waals surface area contributed by atoms with E-state index in [4.69, 9.17) is 10.5 Å². The first-order valence-electron chi connectivity index (χ1n) is 9.87. The average Bonchev–Trinajstić information content (AvgIpc) is 3.11. The van der Waals surface area contributed by atoms with Gasteiger partial charge in [0.2, 0.25) is 5.88 Å². The van der Waals surface area contributed by atoms with Crippen molar-refractivity contribution in [2.75, 3.05) is 22.5 Å². The maximum Gasteiger partial charge on any atom is 0.326 e. The van der Waals surface area contributed by atoms with Crippen molar-refractivity contribution in [2.24, 2.45) is 0 Å². The summed E-state index contributed by atoms with van der Waals surface area (Å²) in [6.07, 6.45) is 2.12. The maximum absolute atomic E-state index is 12.8. The number of rotatable bonds is 3. The van der Waals surface area contributed by atoms with E-state index in [1.807, 2.05) is 30.3 Å². The molecule has 0 fully saturated rings. The minimum atomic E-state index is -0.144. The lowest BCUT2D eigenvalue weighted by molar-refractivity contribution is 0.257. The molecule has 2 heterocycles. The second kappa shape index (κ2) is 7.67. The van der Waals surface area contributed by atoms with Crippen molar-refractivity contribution in [1.82, 2.24) is 9.97 Å². The van der Waals surface area contributed by atoms with Gasteiger partial charge in [0.15, 0.2) is 0 Å². The summed E-state index contributed by atoms with van der Waals surface area (Å²) in [7, 11) is 0. The number of urea groups is 1. The Labute approximate surface area is 175 Å². The van der Waals surface area contributed by atoms with Gasteiger partial charge in [-0.3, -0.25) is 4.90 Å². The predicted molar refractivity (Wildman–Crippen MR) is 118 cm³/mol. The molecule has 0 saturated heterocycles. The highest BCUT2D eigenvalue weighted by Gasteiger charge is 2.25. The van der Waals surface area contributed by atoms with E-state index < -0.39 is 0 Å². The fourth-order valence-corrected chi connectivity index (χ4v) is 3.43. The highest BCUT2D eigenvalue weighted by atomic mass is 16.5. The zero-order chi connectivity index (χ0) is 21.3. The molecule has 0 atom stereocenters. The number of ether oxygens (including phenoxy) is 1. The Kier molecular flexibility index (Phi) is 5.03. The minimum absolute atomic E-state index is 0.0771. The van der Waals surface area contributed by atoms with E-state index in [-0.39, 0.29) is 11.4 Å². The third-order valence-electron chi connectivity index (χ3n) is 5.08. The first kappa shape index (κ1) is 19.7. The molecule has 1 aliphatic heterocycles. The molecule has 0 aliphatic carbocycles. The number of hydrogen-bond acceptors (Lipinski definition) is 5. The molecule has 2 amide bonds. The molecule has 2 aromatic carbocycles. The third kappa shape index (κ3) is 4.20. The largest absolute Gasteiger partial charge is 0.439 e. The second-order valence-corrected chi connectivity index (χ2v) is 8.33. The van der Waals surface area contributed by atoms with Crippen LogP contribution in [0.2, 0.25) is 0 Å². The van der Waals surface area contributed by atoms with Crippen LogP contribution in [-0.2, 0) is 11.8 Å². The van der Waals surface area contributed by atoms with Crippen LogP contribution in [0.4, 0.5) is 22.0 Å². The average molecular weight is 403 g/mol. The van der Waals surface area contributed by atoms with E-state index in [9.17, 15) is 4.79 Å². The van der Waals surface area contributed by atoms with E-state index in [2.05, 4.69) is 48.2 Å². The van der Waals surface area contributed by atoms with Crippen molar-refractivity contribution < 1.29 is 9.53 Å². The SMILES string of the molecule is CC(C)(C)c1ccc(NC(=O)N2CCc3cc(Oc4cc(N)ncn4)ccc32)cc1. The molecule has 4 rings (SSSR count). The van der Waals surface area contributed by atoms with Crippen molar-refractivity contribution in [3.8, 4) is 11.6 Å². The summed E-state index contributed by atoms with van der Waals surface area (Å²) in [5.74, 6) is 1.38. The van der Waals surface area contributed by atoms with Crippen LogP contribution in [0.15, 0.2) is 54.9 Å². The van der Waals surface area contributed by atoms with E-state index in [1.165, 1.54) is 11.9 Å². The number of amides is 2. The van der Waals surface area contributed by atoms with E-state index in [0.717, 1.165) is 23.4 Å². The molecule has 0 spiro atoms. The number of nitrogens with two attached hydrogens (primary N) is 1. The molecule has 3 N–H and O–H groups in total. The molecule has 30 heavy (non-hydrogen) atoms. The van der Waals surface area contributed by atoms with Crippen LogP contribution >= 0.6 is 0 Å². The Balaban J connectivity index is 1.45. The lowest BCUT2D eigenvalue weighted by atomic mass is 9.87. The summed E-state index contributed by atoms with van der Waals surface area (Å²) in [5.41, 5.74) is 9.68. The number of nitrogens with one attached hydrogen (secondary N) is 1. The van der Waals surface area contributed by atoms with E-state index in [1.54, 1.807) is 11.0 Å². The zero-order valence-corrected chi connectivity index (χ0v) is 17.3. The van der Waals surface area contributed by atoms with Gasteiger partial charge in [0.25, 0.3) is 0 Å². The molecule has 0 unspecified atom stereocenters. The summed E-state index contributed by atoms with van der Waals surface area (Å²) in [6, 6.07) is 15.1. The molecule has 0 bridgehead atoms. The summed E-state index contributed by atoms with van der Waals surface area (Å²) in [5, 5.41) is 2.99. The molecule has 7 heteroatoms. The Morgan fingerprint density at radius 3 is 2.57 bits per heavy atom. The number of carbonyl (C=O) groups excluding carboxylic acids is 1. The van der Waals surface area contributed by atoms with Crippen LogP contribution in [0.25, 0.3) is 0 Å². The van der Waals surface area contributed by atoms with Crippen LogP contribution in [0.1, 0.15) is 31.9 Å². The Morgan fingerprint density at radius 2 is 1.87 bits per heavy atom. The summed E-state index contributed by atoms with van der Waals surface area (Å²) < 4.78 is 5.76. The molecule has 7 nitrogen and oxygen atoms in total. The van der Waals surface area contributed by atoms with Gasteiger partial charge < -0.3 is 15.8 Å². The fraction of sp³-hybridized carbons (Fsp3) is 0.261. The van der Waals surface area contributed by atoms with Crippen molar-refractivity contribution in [2.45, 2.75) is 32.6 Å². The van der Waals surface area contributed by atoms with Crippen molar-refractivity contribution in [1.29, 1.82) is 0 Å². The van der Waals surface area contributed by atoms with Crippen LogP contribution in [0.5, 0.6) is 11.6 Å². The quantitative estimate of drug-likeness (QED) is 0.659. The summed E-state index contributed by atoms with van der Waals surface area (Å²) in [6.45, 7) is 7.11. The monoisotopic (exact) mass is 403 g/mol. The Hall–Kier alpha value is -3.61. The zero-order valence-electron chi connectivity index (χ0n) is 17.3. The molecule has 0 radical (unpaired) electrons. The van der Waals surface area contributed by atoms with Crippen LogP contribution in [-0.4, -0.2) is 22.5 Å². The summed E-state index contributed by atoms with van der Waals surface area (Å²) >= 11 is 0. The number of benzene rings is 2. The van der Waals surface area contributed by atoms with Gasteiger partial charge in [-0.25, -0.2) is 14.8 Å². The maximum atomic E-state index is 12.8. The normalized spacial score (nSPS) is 13.1. The van der Waals surface area contributed by atoms with Crippen molar-refractivity contribution in [3.63, 3.8) is 0 Å². The van der Waals surface area contributed by atoms with Gasteiger partial charge in [0, 0.05) is 24.0 Å². The molecule has 1 aromatic heterocycles. The predicted octanol–water partition coefficient (Wildman–Crippen LogP) is 4.74. The number of fused-ring (bicyclic) bond motifs is 1. The number of carbonyl (C=O) groups is 1. The number of nitrogens with zero attached hydrogens (tertiary/aromatic N) is 3. The smallest absolute Gasteiger partial charge is 0.326 e. The molecule has 3 aromatic rings. The van der Waals surface area contributed by atoms with Gasteiger partial charge in [0.05, 0.1) is 0 Å². The van der Waals surface area contributed by atoms with Gasteiger partial charge >= 0.3 is 6.03 Å². The number of hydrogen-bond donors (Lipinski definition) is 2. The highest BCUT2D eigenvalue weighted by molar-refractivity contribution is 6.03. The fourth-order valence-electron chi connectivity index (χ4n) is 3.43. The number of nitrogen functional groups attached to an aromatic ring is 1. The van der Waals surface area contributed by atoms with Crippen LogP contribution in [0.3, 0.4) is 0 Å². The highest BCUT2D eigenvalue weighted by Crippen LogP contribution is 2.33. The van der Waals surface area contributed by atoms with E-state index in [0.29, 0.717) is 24.0 Å². The van der Waals surface area contributed by atoms with Gasteiger partial charge in [-0.2, -0.15) is 0 Å². The topological polar surface area (TPSA) is 93.4 Å². The van der Waals surface area contributed by atoms with Crippen molar-refractivity contribution >= 4 is 23.2 Å². The lowest BCUT2D eigenvalue weighted by Gasteiger charge is -2.21. The molecule has 1 aliphatic rings. The third-order valence-corrected chi connectivity index (χ3v) is 5.08. The molecular weight excluding hydrogens is 378 g/mol. The van der Waals surface area contributed by atoms with Gasteiger partial charge in [-0.15, -0.1) is 0 Å². The van der Waals surface area contributed by atoms with Gasteiger partial charge in [-0.05, 0) is 53.3 Å². The number of anilines is 3. The summed E-state index contributed by atoms with van der Waals surface area (Å²) in [4.78, 5) is 22.5. The van der Waals surface area contributed by atoms with Crippen LogP contribution < -0.4 is 20.7 Å². The Morgan fingerprint density at radius 1 is 1.10 bits per heavy atom. The Bertz CT molecular complexity index is 1070. The van der Waals surface area contributed by atoms with Crippen LogP contribution in [0, 0.1) is 0 Å². The molecule has 154 valence electrons. The number of aromatic nitrogens is 2. The van der Waals surface area contributed by atoms with Gasteiger partial charge in [-0.1, -0.05) is 32.9 Å². The minimum Gasteiger partial charge on any atom is -0.439 e. The molecular formula is C23H25N5O2. The van der Waals surface area contributed by atoms with Crippen molar-refractivity contribution in [3.05, 3.63) is 66.0 Å². The lowest BCUT2D eigenvalue weighted by Crippen LogP contribution is -2.33. The standard InChI is InChI=1S/C23H25N5O2/c1-23(2,3)16-4-6-17(7-5-16)27-22(29)28-11-10-15-12-18(8-9-19(15)28)30-21-13-20(24)25-14-26-21/h4-9,12-14H,10-11H2,1-3H3,(H,27,29)(H2,24,25,26). The first-order valence-corrected chi connectivity index (χ1v) is 9.87. The molecule has 0 saturated carbocycles. The van der Waals surface area contributed by atoms with E-state index >= 15 is 0 Å². The first-order chi connectivity index (χ1) is 14.3. The van der Waals surface area contributed by atoms with Gasteiger partial charge in [0.1, 0.15) is 17.9 Å². The second-order valence-electron chi connectivity index (χ2n) is 8.33.